The maximum atomic E-state index is 12.2. The molecule has 0 spiro atoms. The second-order valence-electron chi connectivity index (χ2n) is 9.24. The summed E-state index contributed by atoms with van der Waals surface area (Å²) >= 11 is 0. The third-order valence-electron chi connectivity index (χ3n) is 5.95. The van der Waals surface area contributed by atoms with Crippen LogP contribution in [0, 0.1) is 0 Å². The highest BCUT2D eigenvalue weighted by molar-refractivity contribution is 5.80. The first-order valence-electron chi connectivity index (χ1n) is 13.8. The van der Waals surface area contributed by atoms with E-state index < -0.39 is 24.2 Å². The topological polar surface area (TPSA) is 89.8 Å². The number of aliphatic hydroxyl groups excluding tert-OH is 3. The highest BCUT2D eigenvalue weighted by Crippen LogP contribution is 2.10. The maximum Gasteiger partial charge on any atom is 0.249 e. The van der Waals surface area contributed by atoms with E-state index in [0.29, 0.717) is 6.42 Å². The van der Waals surface area contributed by atoms with Crippen LogP contribution < -0.4 is 5.32 Å². The normalized spacial score (nSPS) is 14.9. The molecule has 0 aromatic carbocycles. The van der Waals surface area contributed by atoms with E-state index in [2.05, 4.69) is 43.5 Å². The fourth-order valence-electron chi connectivity index (χ4n) is 3.65. The van der Waals surface area contributed by atoms with Crippen molar-refractivity contribution in [3.63, 3.8) is 0 Å². The van der Waals surface area contributed by atoms with Crippen molar-refractivity contribution in [3.8, 4) is 0 Å². The van der Waals surface area contributed by atoms with Crippen molar-refractivity contribution in [1.82, 2.24) is 5.32 Å². The van der Waals surface area contributed by atoms with Gasteiger partial charge in [-0.3, -0.25) is 4.79 Å². The van der Waals surface area contributed by atoms with Crippen LogP contribution in [-0.2, 0) is 4.79 Å². The van der Waals surface area contributed by atoms with Gasteiger partial charge in [0.25, 0.3) is 0 Å². The van der Waals surface area contributed by atoms with Gasteiger partial charge in [-0.25, -0.2) is 0 Å². The Morgan fingerprint density at radius 1 is 0.706 bits per heavy atom. The Bertz CT molecular complexity index is 544. The van der Waals surface area contributed by atoms with E-state index in [9.17, 15) is 20.1 Å². The second-order valence-corrected chi connectivity index (χ2v) is 9.24. The fourth-order valence-corrected chi connectivity index (χ4v) is 3.65. The highest BCUT2D eigenvalue weighted by Gasteiger charge is 2.22. The van der Waals surface area contributed by atoms with Crippen LogP contribution in [0.1, 0.15) is 117 Å². The molecule has 34 heavy (non-hydrogen) atoms. The van der Waals surface area contributed by atoms with Crippen molar-refractivity contribution in [2.24, 2.45) is 0 Å². The number of hydrogen-bond acceptors (Lipinski definition) is 4. The molecule has 0 aliphatic rings. The summed E-state index contributed by atoms with van der Waals surface area (Å²) in [6.45, 7) is 4.03. The lowest BCUT2D eigenvalue weighted by Gasteiger charge is -2.21. The second kappa shape index (κ2) is 24.7. The molecule has 0 saturated carbocycles. The van der Waals surface area contributed by atoms with E-state index in [1.807, 2.05) is 6.08 Å². The Balaban J connectivity index is 3.98. The summed E-state index contributed by atoms with van der Waals surface area (Å²) in [5, 5.41) is 32.5. The summed E-state index contributed by atoms with van der Waals surface area (Å²) in [5.41, 5.74) is 0. The predicted molar refractivity (Wildman–Crippen MR) is 144 cm³/mol. The number of nitrogens with one attached hydrogen (secondary N) is 1. The van der Waals surface area contributed by atoms with Crippen LogP contribution >= 0.6 is 0 Å². The number of rotatable bonds is 23. The van der Waals surface area contributed by atoms with Crippen LogP contribution in [0.2, 0.25) is 0 Å². The van der Waals surface area contributed by atoms with E-state index in [-0.39, 0.29) is 6.61 Å². The van der Waals surface area contributed by atoms with E-state index in [4.69, 9.17) is 0 Å². The Hall–Kier alpha value is -1.43. The fraction of sp³-hybridized carbons (Fsp3) is 0.759. The average Bonchev–Trinajstić information content (AvgIpc) is 2.84. The molecule has 0 bridgehead atoms. The van der Waals surface area contributed by atoms with Gasteiger partial charge >= 0.3 is 0 Å². The smallest absolute Gasteiger partial charge is 0.249 e. The van der Waals surface area contributed by atoms with Crippen molar-refractivity contribution in [2.45, 2.75) is 135 Å². The quantitative estimate of drug-likeness (QED) is 0.105. The molecule has 5 nitrogen and oxygen atoms in total. The molecule has 0 aromatic heterocycles. The SMILES string of the molecule is CCCC/C=C\CCCCCCC(O)C(=O)NC(CO)C(O)/C=C/CC/C=C/CCCCCC. The Labute approximate surface area is 209 Å². The Morgan fingerprint density at radius 3 is 1.85 bits per heavy atom. The highest BCUT2D eigenvalue weighted by atomic mass is 16.3. The minimum atomic E-state index is -1.11. The third-order valence-corrected chi connectivity index (χ3v) is 5.95. The summed E-state index contributed by atoms with van der Waals surface area (Å²) in [5.74, 6) is -0.531. The first-order chi connectivity index (χ1) is 16.6. The molecule has 0 radical (unpaired) electrons. The van der Waals surface area contributed by atoms with Gasteiger partial charge in [0.05, 0.1) is 18.8 Å². The van der Waals surface area contributed by atoms with Crippen LogP contribution in [0.15, 0.2) is 36.5 Å². The maximum absolute atomic E-state index is 12.2. The molecule has 1 amide bonds. The van der Waals surface area contributed by atoms with Gasteiger partial charge in [-0.05, 0) is 51.4 Å². The lowest BCUT2D eigenvalue weighted by Crippen LogP contribution is -2.48. The molecule has 0 heterocycles. The molecule has 0 rings (SSSR count). The molecule has 4 N–H and O–H groups in total. The van der Waals surface area contributed by atoms with Gasteiger partial charge in [0.2, 0.25) is 5.91 Å². The molecule has 5 heteroatoms. The summed E-state index contributed by atoms with van der Waals surface area (Å²) < 4.78 is 0. The molecule has 3 unspecified atom stereocenters. The Kier molecular flexibility index (Phi) is 23.6. The molecule has 3 atom stereocenters. The zero-order valence-corrected chi connectivity index (χ0v) is 22.0. The number of amides is 1. The zero-order valence-electron chi connectivity index (χ0n) is 22.0. The molecule has 0 saturated heterocycles. The molecule has 0 aliphatic heterocycles. The van der Waals surface area contributed by atoms with Gasteiger partial charge in [0.1, 0.15) is 6.10 Å². The molecule has 0 fully saturated rings. The van der Waals surface area contributed by atoms with Crippen LogP contribution in [-0.4, -0.2) is 46.1 Å². The number of allylic oxidation sites excluding steroid dienone is 5. The minimum Gasteiger partial charge on any atom is -0.394 e. The largest absolute Gasteiger partial charge is 0.394 e. The number of carbonyl (C=O) groups is 1. The summed E-state index contributed by atoms with van der Waals surface area (Å²) in [7, 11) is 0. The standard InChI is InChI=1S/C29H53NO4/c1-3-5-7-9-11-13-15-17-19-21-23-27(32)26(25-31)30-29(34)28(33)24-22-20-18-16-14-12-10-8-6-4-2/h10,12-13,15,21,23,26-28,31-33H,3-9,11,14,16-20,22,24-25H2,1-2H3,(H,30,34)/b12-10-,15-13+,23-21+. The van der Waals surface area contributed by atoms with Gasteiger partial charge in [-0.1, -0.05) is 102 Å². The zero-order chi connectivity index (χ0) is 25.3. The molecular weight excluding hydrogens is 426 g/mol. The first-order valence-corrected chi connectivity index (χ1v) is 13.8. The van der Waals surface area contributed by atoms with Crippen molar-refractivity contribution < 1.29 is 20.1 Å². The van der Waals surface area contributed by atoms with Gasteiger partial charge in [0, 0.05) is 0 Å². The van der Waals surface area contributed by atoms with Crippen molar-refractivity contribution in [2.75, 3.05) is 6.61 Å². The Morgan fingerprint density at radius 2 is 1.24 bits per heavy atom. The van der Waals surface area contributed by atoms with Gasteiger partial charge in [-0.2, -0.15) is 0 Å². The van der Waals surface area contributed by atoms with E-state index in [0.717, 1.165) is 57.8 Å². The van der Waals surface area contributed by atoms with Gasteiger partial charge < -0.3 is 20.6 Å². The predicted octanol–water partition coefficient (Wildman–Crippen LogP) is 6.14. The van der Waals surface area contributed by atoms with Crippen LogP contribution in [0.5, 0.6) is 0 Å². The van der Waals surface area contributed by atoms with Crippen molar-refractivity contribution in [3.05, 3.63) is 36.5 Å². The third kappa shape index (κ3) is 20.0. The minimum absolute atomic E-state index is 0.382. The molecular formula is C29H53NO4. The van der Waals surface area contributed by atoms with E-state index in [1.165, 1.54) is 38.5 Å². The lowest BCUT2D eigenvalue weighted by atomic mass is 10.1. The summed E-state index contributed by atoms with van der Waals surface area (Å²) in [6.07, 6.45) is 27.3. The van der Waals surface area contributed by atoms with Crippen LogP contribution in [0.25, 0.3) is 0 Å². The van der Waals surface area contributed by atoms with Crippen LogP contribution in [0.4, 0.5) is 0 Å². The number of unbranched alkanes of at least 4 members (excludes halogenated alkanes) is 11. The van der Waals surface area contributed by atoms with Gasteiger partial charge in [0.15, 0.2) is 0 Å². The summed E-state index contributed by atoms with van der Waals surface area (Å²) in [4.78, 5) is 12.2. The van der Waals surface area contributed by atoms with Gasteiger partial charge in [-0.15, -0.1) is 0 Å². The van der Waals surface area contributed by atoms with Crippen LogP contribution in [0.3, 0.4) is 0 Å². The average molecular weight is 480 g/mol. The monoisotopic (exact) mass is 479 g/mol. The first kappa shape index (κ1) is 32.6. The lowest BCUT2D eigenvalue weighted by molar-refractivity contribution is -0.131. The molecule has 0 aliphatic carbocycles. The number of carbonyl (C=O) groups excluding carboxylic acids is 1. The molecule has 0 aromatic rings. The van der Waals surface area contributed by atoms with E-state index in [1.54, 1.807) is 6.08 Å². The summed E-state index contributed by atoms with van der Waals surface area (Å²) in [6, 6.07) is -0.813. The van der Waals surface area contributed by atoms with Crippen molar-refractivity contribution in [1.29, 1.82) is 0 Å². The number of aliphatic hydroxyl groups is 3. The van der Waals surface area contributed by atoms with Crippen molar-refractivity contribution >= 4 is 5.91 Å². The van der Waals surface area contributed by atoms with E-state index >= 15 is 0 Å². The number of hydrogen-bond donors (Lipinski definition) is 4. The molecule has 198 valence electrons.